The molecule has 148 valence electrons. The van der Waals surface area contributed by atoms with E-state index in [2.05, 4.69) is 16.4 Å². The molecule has 0 aliphatic rings. The number of benzene rings is 2. The van der Waals surface area contributed by atoms with Crippen molar-refractivity contribution >= 4 is 27.5 Å². The highest BCUT2D eigenvalue weighted by Gasteiger charge is 2.13. The van der Waals surface area contributed by atoms with E-state index in [9.17, 15) is 4.79 Å². The summed E-state index contributed by atoms with van der Waals surface area (Å²) < 4.78 is 11.7. The average Bonchev–Trinajstić information content (AvgIpc) is 3.09. The summed E-state index contributed by atoms with van der Waals surface area (Å²) in [6.45, 7) is 1.74. The fraction of sp³-hybridized carbons (Fsp3) is 0.333. The van der Waals surface area contributed by atoms with Crippen molar-refractivity contribution in [1.29, 1.82) is 0 Å². The van der Waals surface area contributed by atoms with E-state index in [1.807, 2.05) is 43.4 Å². The van der Waals surface area contributed by atoms with E-state index in [1.54, 1.807) is 25.6 Å². The molecule has 1 aromatic heterocycles. The zero-order chi connectivity index (χ0) is 19.9. The van der Waals surface area contributed by atoms with Crippen molar-refractivity contribution in [2.24, 2.45) is 0 Å². The summed E-state index contributed by atoms with van der Waals surface area (Å²) in [7, 11) is 5.25. The number of aromatic nitrogens is 1. The van der Waals surface area contributed by atoms with E-state index < -0.39 is 0 Å². The Bertz CT molecular complexity index is 909. The number of hydrogen-bond donors (Lipinski definition) is 2. The molecule has 3 aromatic rings. The van der Waals surface area contributed by atoms with Gasteiger partial charge in [-0.15, -0.1) is 11.3 Å². The van der Waals surface area contributed by atoms with E-state index in [0.717, 1.165) is 34.0 Å². The molecule has 28 heavy (non-hydrogen) atoms. The van der Waals surface area contributed by atoms with Gasteiger partial charge in [-0.05, 0) is 36.2 Å². The summed E-state index contributed by atoms with van der Waals surface area (Å²) in [4.78, 5) is 18.0. The van der Waals surface area contributed by atoms with Crippen LogP contribution in [0.1, 0.15) is 10.6 Å². The summed E-state index contributed by atoms with van der Waals surface area (Å²) in [5, 5.41) is 4.04. The first-order valence-corrected chi connectivity index (χ1v) is 10.0. The number of likely N-dealkylation sites (N-methyl/N-ethyl adjacent to an activating group) is 1. The first kappa shape index (κ1) is 20.1. The summed E-state index contributed by atoms with van der Waals surface area (Å²) in [5.41, 5.74) is 2.11. The van der Waals surface area contributed by atoms with Crippen LogP contribution in [-0.2, 0) is 17.8 Å². The molecule has 0 spiro atoms. The Labute approximate surface area is 169 Å². The Morgan fingerprint density at radius 1 is 1.14 bits per heavy atom. The highest BCUT2D eigenvalue weighted by molar-refractivity contribution is 7.18. The van der Waals surface area contributed by atoms with Gasteiger partial charge in [0.25, 0.3) is 5.91 Å². The lowest BCUT2D eigenvalue weighted by Gasteiger charge is -2.13. The molecule has 0 saturated heterocycles. The number of methoxy groups -OCH3 is 2. The van der Waals surface area contributed by atoms with Crippen LogP contribution in [0.4, 0.5) is 0 Å². The molecule has 0 aliphatic carbocycles. The zero-order valence-electron chi connectivity index (χ0n) is 16.5. The molecular weight excluding hydrogens is 374 g/mol. The number of fused-ring (bicyclic) bond motifs is 1. The van der Waals surface area contributed by atoms with Gasteiger partial charge in [-0.2, -0.15) is 0 Å². The number of amides is 1. The summed E-state index contributed by atoms with van der Waals surface area (Å²) in [5.74, 6) is 1.45. The molecule has 2 N–H and O–H groups in total. The number of rotatable bonds is 9. The molecule has 1 amide bonds. The molecule has 1 heterocycles. The lowest BCUT2D eigenvalue weighted by atomic mass is 10.1. The Hall–Kier alpha value is -2.64. The molecule has 0 saturated carbocycles. The van der Waals surface area contributed by atoms with Crippen LogP contribution in [0.25, 0.3) is 10.2 Å². The standard InChI is InChI=1S/C21H25N3O3S/c1-24(14-21-23-16-6-4-5-7-19(16)28-21)13-20(25)22-11-10-15-8-9-17(26-2)18(12-15)27-3/h4-9,12H,10-11,13-14H2,1-3H3,(H,22,25)/p+1. The Morgan fingerprint density at radius 2 is 1.93 bits per heavy atom. The largest absolute Gasteiger partial charge is 0.493 e. The maximum Gasteiger partial charge on any atom is 0.275 e. The van der Waals surface area contributed by atoms with Crippen molar-refractivity contribution in [3.63, 3.8) is 0 Å². The lowest BCUT2D eigenvalue weighted by Crippen LogP contribution is -3.08. The Balaban J connectivity index is 1.44. The van der Waals surface area contributed by atoms with Crippen LogP contribution in [0, 0.1) is 0 Å². The van der Waals surface area contributed by atoms with Gasteiger partial charge in [-0.25, -0.2) is 4.98 Å². The van der Waals surface area contributed by atoms with Crippen LogP contribution >= 0.6 is 11.3 Å². The van der Waals surface area contributed by atoms with Gasteiger partial charge >= 0.3 is 0 Å². The number of hydrogen-bond acceptors (Lipinski definition) is 5. The minimum Gasteiger partial charge on any atom is -0.493 e. The fourth-order valence-electron chi connectivity index (χ4n) is 3.04. The predicted molar refractivity (Wildman–Crippen MR) is 111 cm³/mol. The van der Waals surface area contributed by atoms with Gasteiger partial charge in [0.1, 0.15) is 11.6 Å². The smallest absolute Gasteiger partial charge is 0.275 e. The third-order valence-corrected chi connectivity index (χ3v) is 5.47. The van der Waals surface area contributed by atoms with Crippen LogP contribution in [0.5, 0.6) is 11.5 Å². The Morgan fingerprint density at radius 3 is 2.68 bits per heavy atom. The summed E-state index contributed by atoms with van der Waals surface area (Å²) in [6, 6.07) is 13.9. The molecule has 1 unspecified atom stereocenters. The van der Waals surface area contributed by atoms with Gasteiger partial charge in [-0.1, -0.05) is 18.2 Å². The second-order valence-corrected chi connectivity index (χ2v) is 7.79. The third-order valence-electron chi connectivity index (χ3n) is 4.44. The molecule has 0 bridgehead atoms. The topological polar surface area (TPSA) is 64.9 Å². The summed E-state index contributed by atoms with van der Waals surface area (Å²) in [6.07, 6.45) is 0.739. The van der Waals surface area contributed by atoms with E-state index in [1.165, 1.54) is 4.70 Å². The van der Waals surface area contributed by atoms with Crippen molar-refractivity contribution < 1.29 is 19.2 Å². The van der Waals surface area contributed by atoms with Crippen LogP contribution in [0.2, 0.25) is 0 Å². The fourth-order valence-corrected chi connectivity index (χ4v) is 4.12. The number of ether oxygens (including phenoxy) is 2. The predicted octanol–water partition coefficient (Wildman–Crippen LogP) is 1.69. The average molecular weight is 401 g/mol. The van der Waals surface area contributed by atoms with E-state index in [0.29, 0.717) is 24.6 Å². The molecule has 2 aromatic carbocycles. The summed E-state index contributed by atoms with van der Waals surface area (Å²) >= 11 is 1.69. The monoisotopic (exact) mass is 400 g/mol. The number of thiazole rings is 1. The van der Waals surface area contributed by atoms with Crippen molar-refractivity contribution in [2.45, 2.75) is 13.0 Å². The number of carbonyl (C=O) groups is 1. The highest BCUT2D eigenvalue weighted by atomic mass is 32.1. The first-order valence-electron chi connectivity index (χ1n) is 9.22. The highest BCUT2D eigenvalue weighted by Crippen LogP contribution is 2.27. The van der Waals surface area contributed by atoms with Crippen LogP contribution in [-0.4, -0.2) is 45.2 Å². The SMILES string of the molecule is COc1ccc(CCNC(=O)C[NH+](C)Cc2nc3ccccc3s2)cc1OC. The van der Waals surface area contributed by atoms with Crippen molar-refractivity contribution in [1.82, 2.24) is 10.3 Å². The maximum atomic E-state index is 12.2. The van der Waals surface area contributed by atoms with Gasteiger partial charge < -0.3 is 19.7 Å². The van der Waals surface area contributed by atoms with Crippen LogP contribution < -0.4 is 19.7 Å². The minimum atomic E-state index is 0.0408. The molecular formula is C21H26N3O3S+. The molecule has 6 nitrogen and oxygen atoms in total. The minimum absolute atomic E-state index is 0.0408. The number of nitrogens with one attached hydrogen (secondary N) is 2. The lowest BCUT2D eigenvalue weighted by molar-refractivity contribution is -0.885. The quantitative estimate of drug-likeness (QED) is 0.574. The molecule has 1 atom stereocenters. The second kappa shape index (κ2) is 9.52. The van der Waals surface area contributed by atoms with Crippen molar-refractivity contribution in [3.05, 3.63) is 53.0 Å². The second-order valence-electron chi connectivity index (χ2n) is 6.68. The maximum absolute atomic E-state index is 12.2. The van der Waals surface area contributed by atoms with Gasteiger partial charge in [0, 0.05) is 6.54 Å². The first-order chi connectivity index (χ1) is 13.6. The normalized spacial score (nSPS) is 12.0. The molecule has 0 aliphatic heterocycles. The van der Waals surface area contributed by atoms with Gasteiger partial charge in [0.05, 0.1) is 31.5 Å². The van der Waals surface area contributed by atoms with Crippen molar-refractivity contribution in [2.75, 3.05) is 34.4 Å². The van der Waals surface area contributed by atoms with Gasteiger partial charge in [-0.3, -0.25) is 4.79 Å². The van der Waals surface area contributed by atoms with Crippen molar-refractivity contribution in [3.8, 4) is 11.5 Å². The van der Waals surface area contributed by atoms with Gasteiger partial charge in [0.2, 0.25) is 0 Å². The van der Waals surface area contributed by atoms with Crippen LogP contribution in [0.3, 0.4) is 0 Å². The molecule has 7 heteroatoms. The molecule has 0 fully saturated rings. The molecule has 0 radical (unpaired) electrons. The van der Waals surface area contributed by atoms with Crippen LogP contribution in [0.15, 0.2) is 42.5 Å². The Kier molecular flexibility index (Phi) is 6.84. The van der Waals surface area contributed by atoms with E-state index in [4.69, 9.17) is 9.47 Å². The molecule has 3 rings (SSSR count). The van der Waals surface area contributed by atoms with E-state index >= 15 is 0 Å². The number of quaternary nitrogens is 1. The number of para-hydroxylation sites is 1. The number of carbonyl (C=O) groups excluding carboxylic acids is 1. The number of nitrogens with zero attached hydrogens (tertiary/aromatic N) is 1. The zero-order valence-corrected chi connectivity index (χ0v) is 17.3. The van der Waals surface area contributed by atoms with Gasteiger partial charge in [0.15, 0.2) is 18.0 Å². The van der Waals surface area contributed by atoms with E-state index in [-0.39, 0.29) is 5.91 Å². The third kappa shape index (κ3) is 5.21.